The third-order valence-electron chi connectivity index (χ3n) is 7.88. The minimum atomic E-state index is -1.18. The Morgan fingerprint density at radius 1 is 0.429 bits per heavy atom. The highest BCUT2D eigenvalue weighted by Gasteiger charge is 2.26. The van der Waals surface area contributed by atoms with E-state index in [1.165, 1.54) is 30.3 Å². The van der Waals surface area contributed by atoms with E-state index in [1.54, 1.807) is 14.1 Å². The lowest BCUT2D eigenvalue weighted by Gasteiger charge is -2.20. The highest BCUT2D eigenvalue weighted by molar-refractivity contribution is 5.91. The Labute approximate surface area is 361 Å². The zero-order chi connectivity index (χ0) is 49.8. The van der Waals surface area contributed by atoms with E-state index in [1.807, 2.05) is 0 Å². The lowest BCUT2D eigenvalue weighted by Crippen LogP contribution is -2.52. The third kappa shape index (κ3) is 37.3. The van der Waals surface area contributed by atoms with Crippen molar-refractivity contribution in [1.82, 2.24) is 37.7 Å². The van der Waals surface area contributed by atoms with Gasteiger partial charge in [-0.2, -0.15) is 0 Å². The third-order valence-corrected chi connectivity index (χ3v) is 7.88. The van der Waals surface area contributed by atoms with Gasteiger partial charge < -0.3 is 69.7 Å². The fourth-order valence-corrected chi connectivity index (χ4v) is 4.23. The molecule has 29 nitrogen and oxygen atoms in total. The van der Waals surface area contributed by atoms with Crippen LogP contribution in [0.5, 0.6) is 0 Å². The van der Waals surface area contributed by atoms with Crippen LogP contribution in [0, 0.1) is 0 Å². The number of aliphatic carboxylic acids is 2. The van der Waals surface area contributed by atoms with Crippen LogP contribution in [0.25, 0.3) is 0 Å². The van der Waals surface area contributed by atoms with Gasteiger partial charge in [0.05, 0.1) is 18.1 Å². The van der Waals surface area contributed by atoms with Gasteiger partial charge in [0.15, 0.2) is 0 Å². The first kappa shape index (κ1) is 63.4. The molecule has 362 valence electrons. The van der Waals surface area contributed by atoms with Crippen molar-refractivity contribution >= 4 is 70.8 Å². The molecule has 0 aromatic carbocycles. The van der Waals surface area contributed by atoms with E-state index in [-0.39, 0.29) is 75.8 Å². The molecule has 0 aliphatic heterocycles. The van der Waals surface area contributed by atoms with Crippen molar-refractivity contribution in [2.45, 2.75) is 127 Å². The minimum Gasteiger partial charge on any atom is -0.481 e. The summed E-state index contributed by atoms with van der Waals surface area (Å²) in [7, 11) is 3.12. The van der Waals surface area contributed by atoms with Crippen molar-refractivity contribution in [2.24, 2.45) is 28.7 Å². The topological polar surface area (TPSA) is 520 Å². The largest absolute Gasteiger partial charge is 0.481 e. The number of Topliss-reactive ketones (excluding diaryl/α,β-unsaturated/α-hetero) is 2. The molecule has 0 aliphatic carbocycles. The lowest BCUT2D eigenvalue weighted by molar-refractivity contribution is -0.140. The van der Waals surface area contributed by atoms with Gasteiger partial charge in [-0.3, -0.25) is 63.6 Å². The standard InChI is InChI=1S/C12H22N4O5.C10H18N4O6.C7H13NO3.C5H11N3O3/c1-7(17)3-4-8(14-2)11(19)15-9(12(20)16-21)5-6-10(13)18;11-5(1-4-8(16)17)9(18)13-6(10(19)14-20)2-3-7(12)15;1-5(9)3-4-6(8-2)7(10)11;6-3(5(10)8-11)1-2-4(7)9/h8-9,14,21H,3-6H2,1-2H3,(H2,13,18)(H,15,19)(H,16,20);5-6,20H,1-4,11H2,(H2,12,15)(H,13,18)(H,14,19)(H,16,17);6,8H,3-4H2,1-2H3,(H,10,11);3,11H,1-2,6H2,(H2,7,9)(H,8,10). The summed E-state index contributed by atoms with van der Waals surface area (Å²) in [6.07, 6.45) is 0.513. The second kappa shape index (κ2) is 37.5. The Morgan fingerprint density at radius 2 is 0.746 bits per heavy atom. The Kier molecular flexibility index (Phi) is 37.8. The number of carbonyl (C=O) groups is 12. The van der Waals surface area contributed by atoms with Crippen LogP contribution in [-0.4, -0.2) is 147 Å². The van der Waals surface area contributed by atoms with Crippen molar-refractivity contribution < 1.29 is 83.4 Å². The quantitative estimate of drug-likeness (QED) is 0.0256. The summed E-state index contributed by atoms with van der Waals surface area (Å²) in [5.74, 6) is -7.62. The first-order valence-corrected chi connectivity index (χ1v) is 18.8. The van der Waals surface area contributed by atoms with Crippen molar-refractivity contribution in [1.29, 1.82) is 0 Å². The lowest BCUT2D eigenvalue weighted by atomic mass is 10.1. The number of primary amides is 3. The molecule has 0 bridgehead atoms. The van der Waals surface area contributed by atoms with E-state index < -0.39 is 95.4 Å². The van der Waals surface area contributed by atoms with Crippen molar-refractivity contribution in [3.63, 3.8) is 0 Å². The first-order valence-electron chi connectivity index (χ1n) is 18.8. The monoisotopic (exact) mass is 912 g/mol. The highest BCUT2D eigenvalue weighted by atomic mass is 16.5. The van der Waals surface area contributed by atoms with Crippen LogP contribution in [0.3, 0.4) is 0 Å². The molecule has 0 fully saturated rings. The first-order chi connectivity index (χ1) is 29.2. The van der Waals surface area contributed by atoms with Crippen molar-refractivity contribution in [2.75, 3.05) is 14.1 Å². The Morgan fingerprint density at radius 3 is 1.06 bits per heavy atom. The van der Waals surface area contributed by atoms with Gasteiger partial charge in [-0.15, -0.1) is 0 Å². The maximum atomic E-state index is 12.0. The summed E-state index contributed by atoms with van der Waals surface area (Å²) in [6.45, 7) is 2.87. The Bertz CT molecular complexity index is 1520. The predicted octanol–water partition coefficient (Wildman–Crippen LogP) is -6.25. The van der Waals surface area contributed by atoms with Gasteiger partial charge in [0, 0.05) is 38.5 Å². The number of hydrogen-bond donors (Lipinski definition) is 17. The number of carboxylic acids is 2. The molecular weight excluding hydrogens is 848 g/mol. The van der Waals surface area contributed by atoms with Gasteiger partial charge in [-0.1, -0.05) is 0 Å². The van der Waals surface area contributed by atoms with E-state index >= 15 is 0 Å². The van der Waals surface area contributed by atoms with E-state index in [0.29, 0.717) is 12.8 Å². The summed E-state index contributed by atoms with van der Waals surface area (Å²) in [5, 5.41) is 52.2. The molecule has 0 spiro atoms. The molecule has 0 saturated carbocycles. The molecule has 0 aromatic heterocycles. The van der Waals surface area contributed by atoms with Crippen LogP contribution in [0.1, 0.15) is 90.9 Å². The number of carboxylic acid groups (broad SMARTS) is 2. The fraction of sp³-hybridized carbons (Fsp3) is 0.647. The average molecular weight is 913 g/mol. The molecular formula is C34H64N12O17. The van der Waals surface area contributed by atoms with Crippen LogP contribution in [0.2, 0.25) is 0 Å². The average Bonchev–Trinajstić information content (AvgIpc) is 3.21. The number of rotatable bonds is 28. The molecule has 6 unspecified atom stereocenters. The Balaban J connectivity index is -0.000000384. The smallest absolute Gasteiger partial charge is 0.320 e. The molecule has 63 heavy (non-hydrogen) atoms. The Hall–Kier alpha value is -6.24. The van der Waals surface area contributed by atoms with Gasteiger partial charge in [0.1, 0.15) is 29.7 Å². The zero-order valence-electron chi connectivity index (χ0n) is 35.5. The molecule has 6 atom stereocenters. The summed E-state index contributed by atoms with van der Waals surface area (Å²) in [4.78, 5) is 131. The second-order valence-corrected chi connectivity index (χ2v) is 13.2. The van der Waals surface area contributed by atoms with Gasteiger partial charge in [0.2, 0.25) is 29.5 Å². The van der Waals surface area contributed by atoms with Crippen LogP contribution in [0.4, 0.5) is 0 Å². The molecule has 0 saturated heterocycles. The second-order valence-electron chi connectivity index (χ2n) is 13.2. The number of nitrogens with two attached hydrogens (primary N) is 5. The maximum absolute atomic E-state index is 12.0. The number of hydrogen-bond acceptors (Lipinski definition) is 19. The number of carbonyl (C=O) groups excluding carboxylic acids is 10. The molecule has 22 N–H and O–H groups in total. The van der Waals surface area contributed by atoms with Crippen LogP contribution >= 0.6 is 0 Å². The SMILES string of the molecule is CNC(CCC(C)=O)C(=O)NC(CCC(N)=O)C(=O)NO.CNC(CCC(C)=O)C(=O)O.NC(=O)CCC(N)C(=O)NO.NC(=O)CCC(NC(=O)C(N)CCC(=O)O)C(=O)NO. The molecule has 8 amide bonds. The normalized spacial score (nSPS) is 12.8. The van der Waals surface area contributed by atoms with E-state index in [4.69, 9.17) is 54.5 Å². The molecule has 0 rings (SSSR count). The number of amides is 8. The number of likely N-dealkylation sites (N-methyl/N-ethyl adjacent to an activating group) is 2. The molecule has 0 aliphatic rings. The fourth-order valence-electron chi connectivity index (χ4n) is 4.23. The van der Waals surface area contributed by atoms with E-state index in [9.17, 15) is 57.5 Å². The van der Waals surface area contributed by atoms with Gasteiger partial charge in [0.25, 0.3) is 17.7 Å². The summed E-state index contributed by atoms with van der Waals surface area (Å²) < 4.78 is 0. The minimum absolute atomic E-state index is 0.0199. The van der Waals surface area contributed by atoms with Gasteiger partial charge in [-0.25, -0.2) is 16.4 Å². The summed E-state index contributed by atoms with van der Waals surface area (Å²) in [5.41, 5.74) is 29.5. The maximum Gasteiger partial charge on any atom is 0.320 e. The summed E-state index contributed by atoms with van der Waals surface area (Å²) in [6, 6.07) is -5.52. The van der Waals surface area contributed by atoms with Gasteiger partial charge in [-0.05, 0) is 66.5 Å². The number of nitrogens with one attached hydrogen (secondary N) is 7. The molecule has 0 heterocycles. The van der Waals surface area contributed by atoms with Gasteiger partial charge >= 0.3 is 11.9 Å². The van der Waals surface area contributed by atoms with E-state index in [2.05, 4.69) is 21.3 Å². The zero-order valence-corrected chi connectivity index (χ0v) is 35.5. The molecule has 0 radical (unpaired) electrons. The van der Waals surface area contributed by atoms with Crippen molar-refractivity contribution in [3.05, 3.63) is 0 Å². The predicted molar refractivity (Wildman–Crippen MR) is 215 cm³/mol. The summed E-state index contributed by atoms with van der Waals surface area (Å²) >= 11 is 0. The molecule has 29 heteroatoms. The van der Waals surface area contributed by atoms with Crippen molar-refractivity contribution in [3.8, 4) is 0 Å². The van der Waals surface area contributed by atoms with Crippen LogP contribution in [0.15, 0.2) is 0 Å². The van der Waals surface area contributed by atoms with E-state index in [0.717, 1.165) is 0 Å². The van der Waals surface area contributed by atoms with Crippen LogP contribution < -0.4 is 66.4 Å². The molecule has 0 aromatic rings. The number of hydroxylamine groups is 3. The number of ketones is 2. The van der Waals surface area contributed by atoms with Crippen LogP contribution in [-0.2, 0) is 57.5 Å². The highest BCUT2D eigenvalue weighted by Crippen LogP contribution is 2.03.